The van der Waals surface area contributed by atoms with Crippen molar-refractivity contribution in [2.24, 2.45) is 0 Å². The highest BCUT2D eigenvalue weighted by atomic mass is 15.3. The lowest BCUT2D eigenvalue weighted by atomic mass is 10.0. The van der Waals surface area contributed by atoms with Gasteiger partial charge in [-0.2, -0.15) is 0 Å². The Hall–Kier alpha value is -1.06. The van der Waals surface area contributed by atoms with Crippen molar-refractivity contribution in [3.63, 3.8) is 0 Å². The number of piperidine rings is 1. The van der Waals surface area contributed by atoms with Gasteiger partial charge in [0.2, 0.25) is 0 Å². The van der Waals surface area contributed by atoms with Crippen LogP contribution in [-0.4, -0.2) is 50.2 Å². The first-order valence-electron chi connectivity index (χ1n) is 8.18. The summed E-state index contributed by atoms with van der Waals surface area (Å²) in [7, 11) is 0. The standard InChI is InChI=1S/C15H23N3.C2H6/c1-2-4-14(5-3-1)17-10-12-18(13-11-17)15-6-8-16-9-7-15;1-2/h1-5,15-16H,6-13H2;1-2H3. The van der Waals surface area contributed by atoms with Gasteiger partial charge in [-0.05, 0) is 38.1 Å². The number of anilines is 1. The molecular weight excluding hydrogens is 246 g/mol. The minimum absolute atomic E-state index is 0.823. The molecule has 0 unspecified atom stereocenters. The van der Waals surface area contributed by atoms with E-state index in [4.69, 9.17) is 0 Å². The Bertz CT molecular complexity index is 352. The van der Waals surface area contributed by atoms with E-state index in [1.54, 1.807) is 0 Å². The van der Waals surface area contributed by atoms with Crippen LogP contribution in [0.3, 0.4) is 0 Å². The molecule has 0 aliphatic carbocycles. The molecule has 2 heterocycles. The van der Waals surface area contributed by atoms with Crippen LogP contribution in [-0.2, 0) is 0 Å². The number of hydrogen-bond donors (Lipinski definition) is 1. The summed E-state index contributed by atoms with van der Waals surface area (Å²) in [5, 5.41) is 3.45. The minimum atomic E-state index is 0.823. The van der Waals surface area contributed by atoms with Gasteiger partial charge in [-0.3, -0.25) is 4.90 Å². The van der Waals surface area contributed by atoms with Gasteiger partial charge in [-0.25, -0.2) is 0 Å². The molecule has 1 aromatic carbocycles. The fraction of sp³-hybridized carbons (Fsp3) is 0.647. The number of benzene rings is 1. The van der Waals surface area contributed by atoms with Crippen molar-refractivity contribution in [3.05, 3.63) is 30.3 Å². The Morgan fingerprint density at radius 3 is 2.10 bits per heavy atom. The molecule has 0 saturated carbocycles. The highest BCUT2D eigenvalue weighted by molar-refractivity contribution is 5.46. The molecule has 1 aromatic rings. The van der Waals surface area contributed by atoms with Crippen molar-refractivity contribution in [2.75, 3.05) is 44.2 Å². The molecule has 3 rings (SSSR count). The number of para-hydroxylation sites is 1. The predicted molar refractivity (Wildman–Crippen MR) is 87.5 cm³/mol. The van der Waals surface area contributed by atoms with Crippen molar-refractivity contribution < 1.29 is 0 Å². The largest absolute Gasteiger partial charge is 0.369 e. The summed E-state index contributed by atoms with van der Waals surface area (Å²) in [4.78, 5) is 5.21. The zero-order valence-electron chi connectivity index (χ0n) is 13.0. The predicted octanol–water partition coefficient (Wildman–Crippen LogP) is 2.59. The molecular formula is C17H29N3. The third-order valence-electron chi connectivity index (χ3n) is 4.26. The molecule has 0 amide bonds. The van der Waals surface area contributed by atoms with E-state index in [0.717, 1.165) is 6.04 Å². The third kappa shape index (κ3) is 3.97. The van der Waals surface area contributed by atoms with Gasteiger partial charge in [-0.15, -0.1) is 0 Å². The monoisotopic (exact) mass is 275 g/mol. The lowest BCUT2D eigenvalue weighted by Gasteiger charge is -2.41. The molecule has 2 aliphatic rings. The minimum Gasteiger partial charge on any atom is -0.369 e. The van der Waals surface area contributed by atoms with Crippen LogP contribution in [0.4, 0.5) is 5.69 Å². The molecule has 112 valence electrons. The molecule has 2 fully saturated rings. The first-order valence-corrected chi connectivity index (χ1v) is 8.18. The Morgan fingerprint density at radius 1 is 0.900 bits per heavy atom. The molecule has 1 N–H and O–H groups in total. The lowest BCUT2D eigenvalue weighted by molar-refractivity contribution is 0.153. The zero-order valence-corrected chi connectivity index (χ0v) is 13.0. The van der Waals surface area contributed by atoms with Crippen molar-refractivity contribution in [2.45, 2.75) is 32.7 Å². The fourth-order valence-corrected chi connectivity index (χ4v) is 3.16. The normalized spacial score (nSPS) is 21.2. The Labute approximate surface area is 124 Å². The first kappa shape index (κ1) is 15.3. The van der Waals surface area contributed by atoms with E-state index in [9.17, 15) is 0 Å². The van der Waals surface area contributed by atoms with Crippen LogP contribution in [0.25, 0.3) is 0 Å². The average molecular weight is 275 g/mol. The van der Waals surface area contributed by atoms with E-state index >= 15 is 0 Å². The maximum Gasteiger partial charge on any atom is 0.0367 e. The van der Waals surface area contributed by atoms with Crippen molar-refractivity contribution in [1.29, 1.82) is 0 Å². The lowest BCUT2D eigenvalue weighted by Crippen LogP contribution is -2.52. The summed E-state index contributed by atoms with van der Waals surface area (Å²) in [6, 6.07) is 11.6. The van der Waals surface area contributed by atoms with E-state index in [2.05, 4.69) is 45.4 Å². The highest BCUT2D eigenvalue weighted by Gasteiger charge is 2.24. The molecule has 3 nitrogen and oxygen atoms in total. The SMILES string of the molecule is CC.c1ccc(N2CCN(C3CCNCC3)CC2)cc1. The molecule has 0 aromatic heterocycles. The number of nitrogens with one attached hydrogen (secondary N) is 1. The van der Waals surface area contributed by atoms with Crippen LogP contribution in [0.15, 0.2) is 30.3 Å². The van der Waals surface area contributed by atoms with Crippen LogP contribution < -0.4 is 10.2 Å². The van der Waals surface area contributed by atoms with Gasteiger partial charge in [0, 0.05) is 37.9 Å². The summed E-state index contributed by atoms with van der Waals surface area (Å²) in [5.41, 5.74) is 1.38. The quantitative estimate of drug-likeness (QED) is 0.895. The van der Waals surface area contributed by atoms with Crippen LogP contribution in [0.1, 0.15) is 26.7 Å². The second-order valence-electron chi connectivity index (χ2n) is 5.34. The maximum absolute atomic E-state index is 3.45. The summed E-state index contributed by atoms with van der Waals surface area (Å²) in [6.45, 7) is 11.2. The number of nitrogens with zero attached hydrogens (tertiary/aromatic N) is 2. The van der Waals surface area contributed by atoms with E-state index in [1.807, 2.05) is 13.8 Å². The van der Waals surface area contributed by atoms with Gasteiger partial charge < -0.3 is 10.2 Å². The van der Waals surface area contributed by atoms with Crippen LogP contribution in [0, 0.1) is 0 Å². The van der Waals surface area contributed by atoms with Gasteiger partial charge in [0.05, 0.1) is 0 Å². The summed E-state index contributed by atoms with van der Waals surface area (Å²) >= 11 is 0. The zero-order chi connectivity index (χ0) is 14.2. The van der Waals surface area contributed by atoms with E-state index in [-0.39, 0.29) is 0 Å². The van der Waals surface area contributed by atoms with Gasteiger partial charge in [-0.1, -0.05) is 32.0 Å². The van der Waals surface area contributed by atoms with Gasteiger partial charge in [0.1, 0.15) is 0 Å². The van der Waals surface area contributed by atoms with Gasteiger partial charge in [0.15, 0.2) is 0 Å². The summed E-state index contributed by atoms with van der Waals surface area (Å²) < 4.78 is 0. The van der Waals surface area contributed by atoms with E-state index < -0.39 is 0 Å². The second kappa shape index (κ2) is 8.28. The molecule has 3 heteroatoms. The van der Waals surface area contributed by atoms with Crippen LogP contribution >= 0.6 is 0 Å². The van der Waals surface area contributed by atoms with Crippen molar-refractivity contribution in [3.8, 4) is 0 Å². The Kier molecular flexibility index (Phi) is 6.34. The molecule has 0 radical (unpaired) electrons. The van der Waals surface area contributed by atoms with Gasteiger partial charge >= 0.3 is 0 Å². The first-order chi connectivity index (χ1) is 9.93. The molecule has 2 saturated heterocycles. The van der Waals surface area contributed by atoms with Gasteiger partial charge in [0.25, 0.3) is 0 Å². The average Bonchev–Trinajstić information content (AvgIpc) is 2.58. The third-order valence-corrected chi connectivity index (χ3v) is 4.26. The Balaban J connectivity index is 0.000000704. The molecule has 2 aliphatic heterocycles. The van der Waals surface area contributed by atoms with Crippen molar-refractivity contribution in [1.82, 2.24) is 10.2 Å². The number of piperazine rings is 1. The number of hydrogen-bond acceptors (Lipinski definition) is 3. The topological polar surface area (TPSA) is 18.5 Å². The molecule has 20 heavy (non-hydrogen) atoms. The van der Waals surface area contributed by atoms with Crippen LogP contribution in [0.2, 0.25) is 0 Å². The maximum atomic E-state index is 3.45. The molecule has 0 atom stereocenters. The van der Waals surface area contributed by atoms with E-state index in [1.165, 1.54) is 57.8 Å². The molecule has 0 bridgehead atoms. The highest BCUT2D eigenvalue weighted by Crippen LogP contribution is 2.19. The van der Waals surface area contributed by atoms with Crippen molar-refractivity contribution >= 4 is 5.69 Å². The second-order valence-corrected chi connectivity index (χ2v) is 5.34. The fourth-order valence-electron chi connectivity index (χ4n) is 3.16. The summed E-state index contributed by atoms with van der Waals surface area (Å²) in [5.74, 6) is 0. The Morgan fingerprint density at radius 2 is 1.50 bits per heavy atom. The smallest absolute Gasteiger partial charge is 0.0367 e. The van der Waals surface area contributed by atoms with Crippen LogP contribution in [0.5, 0.6) is 0 Å². The number of rotatable bonds is 2. The molecule has 0 spiro atoms. The van der Waals surface area contributed by atoms with E-state index in [0.29, 0.717) is 0 Å². The summed E-state index contributed by atoms with van der Waals surface area (Å²) in [6.07, 6.45) is 2.65.